The third-order valence-corrected chi connectivity index (χ3v) is 7.97. The van der Waals surface area contributed by atoms with Gasteiger partial charge in [-0.3, -0.25) is 4.79 Å². The number of aliphatic hydroxyl groups is 1. The quantitative estimate of drug-likeness (QED) is 0.833. The molecule has 1 unspecified atom stereocenters. The molecule has 4 aliphatic rings. The first-order valence-electron chi connectivity index (χ1n) is 9.47. The predicted octanol–water partition coefficient (Wildman–Crippen LogP) is 4.13. The second-order valence-corrected chi connectivity index (χ2v) is 8.63. The summed E-state index contributed by atoms with van der Waals surface area (Å²) in [6.45, 7) is 2.88. The molecule has 0 aromatic heterocycles. The molecule has 1 N–H and O–H groups in total. The zero-order valence-corrected chi connectivity index (χ0v) is 13.9. The van der Waals surface area contributed by atoms with Crippen LogP contribution >= 0.6 is 0 Å². The molecule has 122 valence electrons. The third-order valence-electron chi connectivity index (χ3n) is 7.97. The van der Waals surface area contributed by atoms with Crippen LogP contribution in [0.3, 0.4) is 0 Å². The standard InChI is InChI=1S/C20H30O2/c1-20-10-8-17-16-6-4-15(22)12-13(16)2-5-18(17)19(20)7-3-14(20)9-11-21/h12,14,16-19,21H,2-11H2,1H3/t14-,16+,17?,18-,19+,20-/m1/s1. The van der Waals surface area contributed by atoms with E-state index >= 15 is 0 Å². The Morgan fingerprint density at radius 3 is 2.82 bits per heavy atom. The van der Waals surface area contributed by atoms with Crippen LogP contribution in [0.1, 0.15) is 64.7 Å². The second kappa shape index (κ2) is 5.47. The minimum atomic E-state index is 0.360. The van der Waals surface area contributed by atoms with Gasteiger partial charge >= 0.3 is 0 Å². The van der Waals surface area contributed by atoms with Gasteiger partial charge in [-0.15, -0.1) is 0 Å². The highest BCUT2D eigenvalue weighted by Crippen LogP contribution is 2.64. The van der Waals surface area contributed by atoms with Crippen LogP contribution in [0.5, 0.6) is 0 Å². The fourth-order valence-corrected chi connectivity index (χ4v) is 6.92. The molecule has 0 amide bonds. The number of ketones is 1. The number of hydrogen-bond acceptors (Lipinski definition) is 2. The van der Waals surface area contributed by atoms with E-state index in [4.69, 9.17) is 0 Å². The monoisotopic (exact) mass is 302 g/mol. The van der Waals surface area contributed by atoms with Gasteiger partial charge in [0.2, 0.25) is 0 Å². The molecule has 4 aliphatic carbocycles. The summed E-state index contributed by atoms with van der Waals surface area (Å²) >= 11 is 0. The molecule has 4 rings (SSSR count). The summed E-state index contributed by atoms with van der Waals surface area (Å²) in [6.07, 6.45) is 12.8. The second-order valence-electron chi connectivity index (χ2n) is 8.63. The molecular formula is C20H30O2. The molecule has 6 atom stereocenters. The zero-order valence-electron chi connectivity index (χ0n) is 13.9. The van der Waals surface area contributed by atoms with E-state index in [0.717, 1.165) is 48.9 Å². The average Bonchev–Trinajstić information content (AvgIpc) is 2.84. The summed E-state index contributed by atoms with van der Waals surface area (Å²) in [6, 6.07) is 0. The lowest BCUT2D eigenvalue weighted by molar-refractivity contribution is -0.116. The van der Waals surface area contributed by atoms with Gasteiger partial charge in [-0.1, -0.05) is 12.5 Å². The molecule has 2 nitrogen and oxygen atoms in total. The van der Waals surface area contributed by atoms with Crippen molar-refractivity contribution in [2.45, 2.75) is 64.7 Å². The van der Waals surface area contributed by atoms with Crippen LogP contribution in [-0.4, -0.2) is 17.5 Å². The van der Waals surface area contributed by atoms with Crippen LogP contribution in [0, 0.1) is 35.0 Å². The predicted molar refractivity (Wildman–Crippen MR) is 87.3 cm³/mol. The van der Waals surface area contributed by atoms with Crippen LogP contribution in [0.15, 0.2) is 11.6 Å². The maximum atomic E-state index is 11.7. The Morgan fingerprint density at radius 2 is 2.00 bits per heavy atom. The smallest absolute Gasteiger partial charge is 0.155 e. The lowest BCUT2D eigenvalue weighted by Gasteiger charge is -2.54. The largest absolute Gasteiger partial charge is 0.396 e. The molecule has 0 aliphatic heterocycles. The van der Waals surface area contributed by atoms with E-state index in [9.17, 15) is 9.90 Å². The maximum absolute atomic E-state index is 11.7. The van der Waals surface area contributed by atoms with Crippen molar-refractivity contribution in [1.29, 1.82) is 0 Å². The Kier molecular flexibility index (Phi) is 3.71. The van der Waals surface area contributed by atoms with Crippen LogP contribution in [0.4, 0.5) is 0 Å². The van der Waals surface area contributed by atoms with E-state index in [1.54, 1.807) is 0 Å². The van der Waals surface area contributed by atoms with Crippen molar-refractivity contribution < 1.29 is 9.90 Å². The molecule has 0 aromatic rings. The molecule has 0 aromatic carbocycles. The van der Waals surface area contributed by atoms with Gasteiger partial charge in [-0.2, -0.15) is 0 Å². The molecule has 0 saturated heterocycles. The molecule has 0 heterocycles. The first-order valence-corrected chi connectivity index (χ1v) is 9.47. The van der Waals surface area contributed by atoms with Crippen LogP contribution in [0.25, 0.3) is 0 Å². The number of aliphatic hydroxyl groups excluding tert-OH is 1. The number of fused-ring (bicyclic) bond motifs is 5. The van der Waals surface area contributed by atoms with Gasteiger partial charge in [0.15, 0.2) is 5.78 Å². The fourth-order valence-electron chi connectivity index (χ4n) is 6.92. The Balaban J connectivity index is 1.58. The van der Waals surface area contributed by atoms with Gasteiger partial charge < -0.3 is 5.11 Å². The highest BCUT2D eigenvalue weighted by Gasteiger charge is 2.55. The Hall–Kier alpha value is -0.630. The van der Waals surface area contributed by atoms with Crippen molar-refractivity contribution in [2.24, 2.45) is 35.0 Å². The Bertz CT molecular complexity index is 494. The van der Waals surface area contributed by atoms with Gasteiger partial charge in [0.1, 0.15) is 0 Å². The van der Waals surface area contributed by atoms with Gasteiger partial charge in [0.05, 0.1) is 0 Å². The van der Waals surface area contributed by atoms with Crippen molar-refractivity contribution in [2.75, 3.05) is 6.61 Å². The minimum Gasteiger partial charge on any atom is -0.396 e. The lowest BCUT2D eigenvalue weighted by Crippen LogP contribution is -2.46. The molecule has 0 radical (unpaired) electrons. The number of carbonyl (C=O) groups excluding carboxylic acids is 1. The van der Waals surface area contributed by atoms with E-state index in [0.29, 0.717) is 17.8 Å². The van der Waals surface area contributed by atoms with Crippen molar-refractivity contribution in [1.82, 2.24) is 0 Å². The zero-order chi connectivity index (χ0) is 15.3. The van der Waals surface area contributed by atoms with Gasteiger partial charge in [-0.25, -0.2) is 0 Å². The van der Waals surface area contributed by atoms with Crippen molar-refractivity contribution in [3.05, 3.63) is 11.6 Å². The normalized spacial score (nSPS) is 47.5. The SMILES string of the molecule is C[C@]12CCC3[C@@H](CCC4=CC(=O)CC[C@@H]43)[C@@H]1CC[C@@H]2CCO. The van der Waals surface area contributed by atoms with E-state index in [-0.39, 0.29) is 0 Å². The Labute approximate surface area is 134 Å². The fraction of sp³-hybridized carbons (Fsp3) is 0.850. The summed E-state index contributed by atoms with van der Waals surface area (Å²) in [5, 5.41) is 9.40. The highest BCUT2D eigenvalue weighted by atomic mass is 16.3. The first kappa shape index (κ1) is 14.9. The molecule has 0 bridgehead atoms. The van der Waals surface area contributed by atoms with Gasteiger partial charge in [0, 0.05) is 13.0 Å². The maximum Gasteiger partial charge on any atom is 0.155 e. The molecule has 0 spiro atoms. The topological polar surface area (TPSA) is 37.3 Å². The summed E-state index contributed by atoms with van der Waals surface area (Å²) in [5.74, 6) is 4.44. The summed E-state index contributed by atoms with van der Waals surface area (Å²) in [5.41, 5.74) is 1.97. The van der Waals surface area contributed by atoms with Crippen molar-refractivity contribution in [3.63, 3.8) is 0 Å². The van der Waals surface area contributed by atoms with Crippen LogP contribution in [0.2, 0.25) is 0 Å². The number of carbonyl (C=O) groups is 1. The molecule has 3 fully saturated rings. The molecule has 3 saturated carbocycles. The third kappa shape index (κ3) is 2.13. The minimum absolute atomic E-state index is 0.360. The number of hydrogen-bond donors (Lipinski definition) is 1. The molecule has 22 heavy (non-hydrogen) atoms. The number of rotatable bonds is 2. The van der Waals surface area contributed by atoms with Crippen LogP contribution in [-0.2, 0) is 4.79 Å². The number of allylic oxidation sites excluding steroid dienone is 1. The highest BCUT2D eigenvalue weighted by molar-refractivity contribution is 5.91. The van der Waals surface area contributed by atoms with Crippen LogP contribution < -0.4 is 0 Å². The average molecular weight is 302 g/mol. The van der Waals surface area contributed by atoms with Gasteiger partial charge in [-0.05, 0) is 92.4 Å². The summed E-state index contributed by atoms with van der Waals surface area (Å²) < 4.78 is 0. The van der Waals surface area contributed by atoms with Crippen molar-refractivity contribution >= 4 is 5.78 Å². The Morgan fingerprint density at radius 1 is 1.14 bits per heavy atom. The van der Waals surface area contributed by atoms with Crippen molar-refractivity contribution in [3.8, 4) is 0 Å². The van der Waals surface area contributed by atoms with E-state index < -0.39 is 0 Å². The van der Waals surface area contributed by atoms with E-state index in [1.807, 2.05) is 6.08 Å². The lowest BCUT2D eigenvalue weighted by atomic mass is 9.51. The van der Waals surface area contributed by atoms with E-state index in [2.05, 4.69) is 6.92 Å². The summed E-state index contributed by atoms with van der Waals surface area (Å²) in [7, 11) is 0. The first-order chi connectivity index (χ1) is 10.6. The molecular weight excluding hydrogens is 272 g/mol. The van der Waals surface area contributed by atoms with Gasteiger partial charge in [0.25, 0.3) is 0 Å². The van der Waals surface area contributed by atoms with E-state index in [1.165, 1.54) is 44.1 Å². The molecule has 2 heteroatoms. The summed E-state index contributed by atoms with van der Waals surface area (Å²) in [4.78, 5) is 11.7.